The number of amides is 4. The minimum atomic E-state index is -1.04. The lowest BCUT2D eigenvalue weighted by molar-refractivity contribution is -0.663. The fraction of sp³-hybridized carbons (Fsp3) is 0.455. The summed E-state index contributed by atoms with van der Waals surface area (Å²) < 4.78 is 26.5. The molecule has 1 aromatic carbocycles. The van der Waals surface area contributed by atoms with Crippen molar-refractivity contribution >= 4 is 90.9 Å². The maximum absolute atomic E-state index is 14.2. The number of carbonyl (C=O) groups excluding carboxylic acids is 5. The lowest BCUT2D eigenvalue weighted by Crippen LogP contribution is -2.71. The fourth-order valence-corrected chi connectivity index (χ4v) is 9.57. The van der Waals surface area contributed by atoms with Crippen molar-refractivity contribution < 1.29 is 52.3 Å². The molecule has 6 rings (SSSR count). The molecule has 348 valence electrons. The van der Waals surface area contributed by atoms with Crippen LogP contribution in [0.2, 0.25) is 0 Å². The quantitative estimate of drug-likeness (QED) is 0.0306. The standard InChI is InChI=1S/C44H53BrN8O10S2/c1-10-61-49-32(31-35(45)65-40(47-31)48-41(57)62-43(2,3)4)36(54)46-33-37(55)53-34(39(56)60-24-26-14-16-28(59-9)17-15-26)27(25-64-38(33)53)23-52-20-11-13-29-30(52)18-22-51(29)21-12-19-50(8)42(58)63-44(5,6)7/h11,13-18,20,22,33,38H,10,12,19,21,23-25H2,1-9H3,(H-,46,47,48,54,57)/p+1/b49-32-. The van der Waals surface area contributed by atoms with E-state index in [9.17, 15) is 24.0 Å². The van der Waals surface area contributed by atoms with Crippen LogP contribution in [0, 0.1) is 0 Å². The average Bonchev–Trinajstić information content (AvgIpc) is 3.83. The van der Waals surface area contributed by atoms with Gasteiger partial charge < -0.3 is 38.6 Å². The number of nitrogens with zero attached hydrogens (tertiary/aromatic N) is 6. The smallest absolute Gasteiger partial charge is 0.413 e. The summed E-state index contributed by atoms with van der Waals surface area (Å²) in [4.78, 5) is 80.0. The van der Waals surface area contributed by atoms with E-state index in [2.05, 4.69) is 41.3 Å². The number of hydrogen-bond donors (Lipinski definition) is 2. The van der Waals surface area contributed by atoms with Crippen LogP contribution in [0.5, 0.6) is 5.75 Å². The molecule has 21 heteroatoms. The number of rotatable bonds is 16. The summed E-state index contributed by atoms with van der Waals surface area (Å²) in [5, 5.41) is 8.86. The Hall–Kier alpha value is -5.67. The van der Waals surface area contributed by atoms with Gasteiger partial charge in [0.2, 0.25) is 5.52 Å². The molecule has 3 aromatic heterocycles. The van der Waals surface area contributed by atoms with E-state index in [0.29, 0.717) is 40.4 Å². The number of ether oxygens (including phenoxy) is 4. The van der Waals surface area contributed by atoms with Crippen molar-refractivity contribution in [2.75, 3.05) is 38.4 Å². The molecule has 0 spiro atoms. The first-order chi connectivity index (χ1) is 30.8. The summed E-state index contributed by atoms with van der Waals surface area (Å²) in [5.74, 6) is -0.969. The molecule has 65 heavy (non-hydrogen) atoms. The third-order valence-electron chi connectivity index (χ3n) is 9.75. The van der Waals surface area contributed by atoms with Gasteiger partial charge in [-0.3, -0.25) is 19.8 Å². The number of anilines is 1. The Morgan fingerprint density at radius 2 is 1.77 bits per heavy atom. The molecule has 1 saturated heterocycles. The molecule has 4 amide bonds. The number of benzene rings is 1. The predicted molar refractivity (Wildman–Crippen MR) is 248 cm³/mol. The molecule has 0 saturated carbocycles. The van der Waals surface area contributed by atoms with Crippen LogP contribution < -0.4 is 19.9 Å². The van der Waals surface area contributed by atoms with Gasteiger partial charge in [-0.25, -0.2) is 19.4 Å². The Morgan fingerprint density at radius 1 is 1.05 bits per heavy atom. The number of nitrogens with one attached hydrogen (secondary N) is 2. The van der Waals surface area contributed by atoms with Gasteiger partial charge >= 0.3 is 18.2 Å². The molecule has 2 aliphatic heterocycles. The highest BCUT2D eigenvalue weighted by Gasteiger charge is 2.55. The highest BCUT2D eigenvalue weighted by atomic mass is 79.9. The van der Waals surface area contributed by atoms with Gasteiger partial charge in [-0.2, -0.15) is 4.57 Å². The number of methoxy groups -OCH3 is 1. The molecule has 1 fully saturated rings. The van der Waals surface area contributed by atoms with E-state index in [1.165, 1.54) is 16.7 Å². The highest BCUT2D eigenvalue weighted by Crippen LogP contribution is 2.41. The van der Waals surface area contributed by atoms with Crippen LogP contribution in [0.1, 0.15) is 66.1 Å². The zero-order chi connectivity index (χ0) is 47.2. The number of fused-ring (bicyclic) bond motifs is 2. The number of esters is 1. The number of oxime groups is 1. The maximum Gasteiger partial charge on any atom is 0.413 e. The van der Waals surface area contributed by atoms with Gasteiger partial charge in [0.25, 0.3) is 11.8 Å². The van der Waals surface area contributed by atoms with E-state index in [-0.39, 0.29) is 48.1 Å². The van der Waals surface area contributed by atoms with Crippen LogP contribution >= 0.6 is 39.0 Å². The minimum absolute atomic E-state index is 0.0567. The van der Waals surface area contributed by atoms with Crippen LogP contribution in [-0.2, 0) is 53.1 Å². The van der Waals surface area contributed by atoms with E-state index in [1.54, 1.807) is 71.0 Å². The number of thioether (sulfide) groups is 1. The molecule has 5 heterocycles. The average molecular weight is 999 g/mol. The highest BCUT2D eigenvalue weighted by molar-refractivity contribution is 9.11. The Labute approximate surface area is 393 Å². The SMILES string of the molecule is CCO/N=C(\C(=O)NC1C(=O)N2C(C(=O)OCc3ccc(OC)cc3)=C(C[n+]3cccc4c3ccn4CCCN(C)C(=O)OC(C)(C)C)CSC12)c1nc(NC(=O)OC(C)(C)C)sc1Br. The summed E-state index contributed by atoms with van der Waals surface area (Å²) in [6.07, 6.45) is 3.47. The van der Waals surface area contributed by atoms with E-state index in [0.717, 1.165) is 27.9 Å². The molecular weight excluding hydrogens is 945 g/mol. The molecule has 0 bridgehead atoms. The minimum Gasteiger partial charge on any atom is -0.497 e. The van der Waals surface area contributed by atoms with Crippen molar-refractivity contribution in [2.24, 2.45) is 5.16 Å². The molecule has 0 radical (unpaired) electrons. The largest absolute Gasteiger partial charge is 0.497 e. The maximum atomic E-state index is 14.2. The van der Waals surface area contributed by atoms with Gasteiger partial charge in [0, 0.05) is 49.8 Å². The molecule has 0 aliphatic carbocycles. The summed E-state index contributed by atoms with van der Waals surface area (Å²) >= 11 is 5.86. The second-order valence-corrected chi connectivity index (χ2v) is 20.5. The number of β-lactam (4-membered cyclic amide) rings is 1. The molecule has 2 N–H and O–H groups in total. The van der Waals surface area contributed by atoms with Crippen molar-refractivity contribution in [3.63, 3.8) is 0 Å². The number of pyridine rings is 1. The number of thiazole rings is 1. The van der Waals surface area contributed by atoms with Crippen molar-refractivity contribution in [3.05, 3.63) is 81.2 Å². The van der Waals surface area contributed by atoms with Crippen molar-refractivity contribution in [1.29, 1.82) is 0 Å². The van der Waals surface area contributed by atoms with Crippen LogP contribution in [0.15, 0.2) is 75.1 Å². The van der Waals surface area contributed by atoms with Crippen LogP contribution in [0.25, 0.3) is 11.0 Å². The number of hydrogen-bond acceptors (Lipinski definition) is 14. The third kappa shape index (κ3) is 12.2. The Balaban J connectivity index is 1.22. The third-order valence-corrected chi connectivity index (χ3v) is 12.7. The first-order valence-electron chi connectivity index (χ1n) is 20.8. The van der Waals surface area contributed by atoms with Crippen molar-refractivity contribution in [3.8, 4) is 5.75 Å². The molecular formula is C44H54BrN8O10S2+. The van der Waals surface area contributed by atoms with E-state index < -0.39 is 46.5 Å². The number of carbonyl (C=O) groups is 5. The predicted octanol–water partition coefficient (Wildman–Crippen LogP) is 6.60. The molecule has 4 aromatic rings. The molecule has 2 atom stereocenters. The first-order valence-corrected chi connectivity index (χ1v) is 23.5. The first kappa shape index (κ1) is 48.8. The Bertz CT molecular complexity index is 2490. The van der Waals surface area contributed by atoms with Gasteiger partial charge in [0.1, 0.15) is 62.3 Å². The Kier molecular flexibility index (Phi) is 15.5. The van der Waals surface area contributed by atoms with E-state index in [1.807, 2.05) is 55.9 Å². The topological polar surface area (TPSA) is 196 Å². The molecule has 2 aliphatic rings. The summed E-state index contributed by atoms with van der Waals surface area (Å²) in [6.45, 7) is 13.9. The number of halogens is 1. The summed E-state index contributed by atoms with van der Waals surface area (Å²) in [5.41, 5.74) is 1.83. The van der Waals surface area contributed by atoms with Gasteiger partial charge in [-0.15, -0.1) is 11.8 Å². The lowest BCUT2D eigenvalue weighted by Gasteiger charge is -2.49. The second kappa shape index (κ2) is 20.7. The second-order valence-electron chi connectivity index (χ2n) is 17.0. The summed E-state index contributed by atoms with van der Waals surface area (Å²) in [6, 6.07) is 12.0. The molecule has 18 nitrogen and oxygen atoms in total. The van der Waals surface area contributed by atoms with Crippen LogP contribution in [0.4, 0.5) is 14.7 Å². The Morgan fingerprint density at radius 3 is 2.45 bits per heavy atom. The van der Waals surface area contributed by atoms with Crippen molar-refractivity contribution in [1.82, 2.24) is 24.7 Å². The van der Waals surface area contributed by atoms with Crippen LogP contribution in [-0.4, -0.2) is 111 Å². The van der Waals surface area contributed by atoms with Crippen LogP contribution in [0.3, 0.4) is 0 Å². The molecule has 2 unspecified atom stereocenters. The van der Waals surface area contributed by atoms with Gasteiger partial charge in [0.15, 0.2) is 23.6 Å². The van der Waals surface area contributed by atoms with E-state index >= 15 is 0 Å². The lowest BCUT2D eigenvalue weighted by atomic mass is 10.0. The number of aryl methyl sites for hydroxylation is 1. The zero-order valence-electron chi connectivity index (χ0n) is 37.8. The van der Waals surface area contributed by atoms with Gasteiger partial charge in [0.05, 0.1) is 7.11 Å². The monoisotopic (exact) mass is 997 g/mol. The van der Waals surface area contributed by atoms with Gasteiger partial charge in [-0.05, 0) is 94.6 Å². The van der Waals surface area contributed by atoms with Gasteiger partial charge in [-0.1, -0.05) is 28.6 Å². The van der Waals surface area contributed by atoms with Crippen molar-refractivity contribution in [2.45, 2.75) is 97.2 Å². The normalized spacial score (nSPS) is 16.4. The van der Waals surface area contributed by atoms with E-state index in [4.69, 9.17) is 23.8 Å². The summed E-state index contributed by atoms with van der Waals surface area (Å²) in [7, 11) is 3.28. The fourth-order valence-electron chi connectivity index (χ4n) is 6.82. The zero-order valence-corrected chi connectivity index (χ0v) is 41.0. The number of aromatic nitrogens is 3.